The van der Waals surface area contributed by atoms with E-state index >= 15 is 0 Å². The normalized spacial score (nSPS) is 13.7. The first-order valence-corrected chi connectivity index (χ1v) is 13.6. The van der Waals surface area contributed by atoms with Gasteiger partial charge in [-0.05, 0) is 82.1 Å². The first-order chi connectivity index (χ1) is 18.6. The van der Waals surface area contributed by atoms with Gasteiger partial charge in [0.2, 0.25) is 5.91 Å². The van der Waals surface area contributed by atoms with Crippen LogP contribution in [-0.2, 0) is 27.3 Å². The number of carbonyl (C=O) groups excluding carboxylic acids is 3. The molecule has 2 aromatic carbocycles. The second-order valence-electron chi connectivity index (χ2n) is 10.9. The fraction of sp³-hybridized carbons (Fsp3) is 0.500. The number of ether oxygens (including phenoxy) is 3. The highest BCUT2D eigenvalue weighted by Crippen LogP contribution is 2.29. The van der Waals surface area contributed by atoms with Crippen LogP contribution in [0.15, 0.2) is 54.6 Å². The minimum atomic E-state index is -0.886. The van der Waals surface area contributed by atoms with Crippen molar-refractivity contribution in [3.8, 4) is 5.75 Å². The van der Waals surface area contributed by atoms with Crippen molar-refractivity contribution < 1.29 is 28.6 Å². The number of alkyl carbamates (subject to hydrolysis) is 1. The van der Waals surface area contributed by atoms with Gasteiger partial charge in [-0.3, -0.25) is 9.69 Å². The molecule has 0 bridgehead atoms. The summed E-state index contributed by atoms with van der Waals surface area (Å²) in [4.78, 5) is 38.9. The van der Waals surface area contributed by atoms with E-state index in [0.717, 1.165) is 23.5 Å². The third kappa shape index (κ3) is 11.3. The van der Waals surface area contributed by atoms with E-state index in [0.29, 0.717) is 18.8 Å². The minimum Gasteiger partial charge on any atom is -0.493 e. The van der Waals surface area contributed by atoms with Crippen LogP contribution in [-0.4, -0.2) is 54.3 Å². The van der Waals surface area contributed by atoms with Crippen LogP contribution < -0.4 is 15.8 Å². The molecule has 0 aliphatic heterocycles. The lowest BCUT2D eigenvalue weighted by atomic mass is 10.1. The molecule has 3 rings (SSSR count). The number of hydrogen-bond donors (Lipinski definition) is 2. The van der Waals surface area contributed by atoms with E-state index in [2.05, 4.69) is 5.32 Å². The number of primary amides is 1. The standard InChI is InChI=1S/C30H41N3O6/c1-30(2,3)39-29(36)33(19-17-22-13-15-25(16-14-22)37-20-24-11-12-24)26(27(31)34)10-7-18-32-28(35)38-21-23-8-5-4-6-9-23/h4-6,8-9,13-16,24,26H,7,10-12,17-21H2,1-3H3,(H2,31,34)(H,32,35)/t26-/m1/s1. The zero-order chi connectivity index (χ0) is 28.3. The molecular formula is C30H41N3O6. The summed E-state index contributed by atoms with van der Waals surface area (Å²) in [5.41, 5.74) is 6.87. The van der Waals surface area contributed by atoms with Gasteiger partial charge in [0, 0.05) is 13.1 Å². The summed E-state index contributed by atoms with van der Waals surface area (Å²) in [7, 11) is 0. The van der Waals surface area contributed by atoms with Gasteiger partial charge in [0.1, 0.15) is 24.0 Å². The van der Waals surface area contributed by atoms with Gasteiger partial charge in [0.25, 0.3) is 0 Å². The second-order valence-corrected chi connectivity index (χ2v) is 10.9. The van der Waals surface area contributed by atoms with Crippen molar-refractivity contribution in [3.05, 3.63) is 65.7 Å². The van der Waals surface area contributed by atoms with Crippen molar-refractivity contribution >= 4 is 18.1 Å². The van der Waals surface area contributed by atoms with Crippen molar-refractivity contribution in [1.29, 1.82) is 0 Å². The summed E-state index contributed by atoms with van der Waals surface area (Å²) in [5.74, 6) is 0.865. The van der Waals surface area contributed by atoms with E-state index in [1.165, 1.54) is 17.7 Å². The average molecular weight is 540 g/mol. The molecule has 1 aliphatic carbocycles. The quantitative estimate of drug-likeness (QED) is 0.332. The lowest BCUT2D eigenvalue weighted by Crippen LogP contribution is -2.50. The Morgan fingerprint density at radius 3 is 2.33 bits per heavy atom. The molecule has 2 aromatic rings. The predicted octanol–water partition coefficient (Wildman–Crippen LogP) is 4.82. The Morgan fingerprint density at radius 2 is 1.72 bits per heavy atom. The summed E-state index contributed by atoms with van der Waals surface area (Å²) in [6.45, 7) is 6.73. The highest BCUT2D eigenvalue weighted by Gasteiger charge is 2.31. The molecule has 9 nitrogen and oxygen atoms in total. The van der Waals surface area contributed by atoms with Crippen molar-refractivity contribution in [2.24, 2.45) is 11.7 Å². The van der Waals surface area contributed by atoms with E-state index in [1.54, 1.807) is 20.8 Å². The van der Waals surface area contributed by atoms with Gasteiger partial charge in [-0.2, -0.15) is 0 Å². The van der Waals surface area contributed by atoms with Crippen LogP contribution in [0.3, 0.4) is 0 Å². The van der Waals surface area contributed by atoms with Crippen LogP contribution in [0.1, 0.15) is 57.6 Å². The molecule has 0 saturated heterocycles. The number of nitrogens with two attached hydrogens (primary N) is 1. The molecule has 1 atom stereocenters. The van der Waals surface area contributed by atoms with Gasteiger partial charge < -0.3 is 25.3 Å². The van der Waals surface area contributed by atoms with Gasteiger partial charge in [-0.15, -0.1) is 0 Å². The van der Waals surface area contributed by atoms with E-state index in [9.17, 15) is 14.4 Å². The molecule has 3 N–H and O–H groups in total. The zero-order valence-electron chi connectivity index (χ0n) is 23.2. The van der Waals surface area contributed by atoms with Crippen LogP contribution in [0.5, 0.6) is 5.75 Å². The van der Waals surface area contributed by atoms with Crippen LogP contribution in [0.25, 0.3) is 0 Å². The maximum absolute atomic E-state index is 13.1. The van der Waals surface area contributed by atoms with Crippen molar-refractivity contribution in [2.45, 2.75) is 71.1 Å². The summed E-state index contributed by atoms with van der Waals surface area (Å²) < 4.78 is 16.6. The number of nitrogens with one attached hydrogen (secondary N) is 1. The number of hydrogen-bond acceptors (Lipinski definition) is 6. The number of amides is 3. The Balaban J connectivity index is 1.53. The predicted molar refractivity (Wildman–Crippen MR) is 148 cm³/mol. The number of rotatable bonds is 14. The molecule has 9 heteroatoms. The molecular weight excluding hydrogens is 498 g/mol. The summed E-state index contributed by atoms with van der Waals surface area (Å²) in [6.07, 6.45) is 2.49. The van der Waals surface area contributed by atoms with E-state index in [4.69, 9.17) is 19.9 Å². The Hall–Kier alpha value is -3.75. The molecule has 1 saturated carbocycles. The Labute approximate surface area is 231 Å². The van der Waals surface area contributed by atoms with Crippen LogP contribution in [0, 0.1) is 5.92 Å². The third-order valence-corrected chi connectivity index (χ3v) is 6.22. The van der Waals surface area contributed by atoms with Crippen LogP contribution in [0.2, 0.25) is 0 Å². The SMILES string of the molecule is CC(C)(C)OC(=O)N(CCc1ccc(OCC2CC2)cc1)[C@H](CCCNC(=O)OCc1ccccc1)C(N)=O. The van der Waals surface area contributed by atoms with Gasteiger partial charge >= 0.3 is 12.2 Å². The Bertz CT molecular complexity index is 1060. The molecule has 0 heterocycles. The first kappa shape index (κ1) is 29.8. The lowest BCUT2D eigenvalue weighted by molar-refractivity contribution is -0.123. The zero-order valence-corrected chi connectivity index (χ0v) is 23.2. The summed E-state index contributed by atoms with van der Waals surface area (Å²) >= 11 is 0. The average Bonchev–Trinajstić information content (AvgIpc) is 3.72. The molecule has 0 spiro atoms. The topological polar surface area (TPSA) is 120 Å². The smallest absolute Gasteiger partial charge is 0.410 e. The van der Waals surface area contributed by atoms with Gasteiger partial charge in [0.15, 0.2) is 0 Å². The molecule has 212 valence electrons. The molecule has 1 fully saturated rings. The molecule has 1 aliphatic rings. The Kier molecular flexibility index (Phi) is 11.0. The van der Waals surface area contributed by atoms with E-state index < -0.39 is 29.7 Å². The van der Waals surface area contributed by atoms with Crippen molar-refractivity contribution in [2.75, 3.05) is 19.7 Å². The monoisotopic (exact) mass is 539 g/mol. The Morgan fingerprint density at radius 1 is 1.03 bits per heavy atom. The van der Waals surface area contributed by atoms with Gasteiger partial charge in [-0.1, -0.05) is 42.5 Å². The number of benzene rings is 2. The first-order valence-electron chi connectivity index (χ1n) is 13.6. The van der Waals surface area contributed by atoms with Gasteiger partial charge in [0.05, 0.1) is 6.61 Å². The van der Waals surface area contributed by atoms with Gasteiger partial charge in [-0.25, -0.2) is 9.59 Å². The van der Waals surface area contributed by atoms with Crippen LogP contribution >= 0.6 is 0 Å². The fourth-order valence-electron chi connectivity index (χ4n) is 3.91. The van der Waals surface area contributed by atoms with Crippen molar-refractivity contribution in [1.82, 2.24) is 10.2 Å². The lowest BCUT2D eigenvalue weighted by Gasteiger charge is -2.32. The molecule has 0 unspecified atom stereocenters. The second kappa shape index (κ2) is 14.4. The summed E-state index contributed by atoms with van der Waals surface area (Å²) in [5, 5.41) is 2.68. The molecule has 39 heavy (non-hydrogen) atoms. The largest absolute Gasteiger partial charge is 0.493 e. The fourth-order valence-corrected chi connectivity index (χ4v) is 3.91. The maximum Gasteiger partial charge on any atom is 0.410 e. The van der Waals surface area contributed by atoms with E-state index in [1.807, 2.05) is 54.6 Å². The summed E-state index contributed by atoms with van der Waals surface area (Å²) in [6, 6.07) is 16.2. The number of carbonyl (C=O) groups is 3. The van der Waals surface area contributed by atoms with E-state index in [-0.39, 0.29) is 26.1 Å². The maximum atomic E-state index is 13.1. The molecule has 0 aromatic heterocycles. The van der Waals surface area contributed by atoms with Crippen LogP contribution in [0.4, 0.5) is 9.59 Å². The van der Waals surface area contributed by atoms with Crippen molar-refractivity contribution in [3.63, 3.8) is 0 Å². The minimum absolute atomic E-state index is 0.163. The third-order valence-electron chi connectivity index (χ3n) is 6.22. The number of nitrogens with zero attached hydrogens (tertiary/aromatic N) is 1. The molecule has 0 radical (unpaired) electrons. The molecule has 3 amide bonds. The highest BCUT2D eigenvalue weighted by molar-refractivity contribution is 5.84. The highest BCUT2D eigenvalue weighted by atomic mass is 16.6.